The Bertz CT molecular complexity index is 409. The summed E-state index contributed by atoms with van der Waals surface area (Å²) in [6, 6.07) is 0. The van der Waals surface area contributed by atoms with Crippen molar-refractivity contribution in [2.24, 2.45) is 4.99 Å². The number of nitrogens with one attached hydrogen (secondary N) is 1. The van der Waals surface area contributed by atoms with Gasteiger partial charge in [-0.2, -0.15) is 0 Å². The van der Waals surface area contributed by atoms with Crippen molar-refractivity contribution in [2.75, 3.05) is 0 Å². The second-order valence-corrected chi connectivity index (χ2v) is 2.73. The zero-order chi connectivity index (χ0) is 9.68. The van der Waals surface area contributed by atoms with Crippen LogP contribution < -0.4 is 0 Å². The molecule has 0 radical (unpaired) electrons. The molecular weight excluding hydrogens is 223 g/mol. The Labute approximate surface area is 89.4 Å². The second-order valence-electron chi connectivity index (χ2n) is 1.94. The van der Waals surface area contributed by atoms with Crippen molar-refractivity contribution < 1.29 is 17.0 Å². The first-order valence-corrected chi connectivity index (χ1v) is 4.49. The molecular formula is C7H5N4SV-. The first-order valence-electron chi connectivity index (χ1n) is 3.28. The van der Waals surface area contributed by atoms with Crippen molar-refractivity contribution in [1.82, 2.24) is 15.0 Å². The number of aromatic amines is 1. The van der Waals surface area contributed by atoms with E-state index in [9.17, 15) is 0 Å². The molecule has 0 atom stereocenters. The molecule has 0 aliphatic carbocycles. The number of aromatic nitrogens is 3. The average Bonchev–Trinajstić information content (AvgIpc) is 2.14. The normalized spacial score (nSPS) is 10.8. The van der Waals surface area contributed by atoms with Crippen LogP contribution in [0, 0.1) is 11.4 Å². The molecule has 0 unspecified atom stereocenters. The van der Waals surface area contributed by atoms with Gasteiger partial charge in [0.2, 0.25) is 0 Å². The van der Waals surface area contributed by atoms with Crippen molar-refractivity contribution in [2.45, 2.75) is 0 Å². The molecule has 0 saturated carbocycles. The third kappa shape index (κ3) is 2.80. The number of hydrogen-bond donors (Lipinski definition) is 1. The quantitative estimate of drug-likeness (QED) is 0.468. The molecule has 65 valence electrons. The number of rotatable bonds is 3. The van der Waals surface area contributed by atoms with Crippen molar-refractivity contribution in [3.05, 3.63) is 29.7 Å². The van der Waals surface area contributed by atoms with Crippen LogP contribution in [0.3, 0.4) is 0 Å². The molecule has 0 amide bonds. The van der Waals surface area contributed by atoms with Gasteiger partial charge in [0, 0.05) is 0 Å². The average molecular weight is 228 g/mol. The number of H-pyrrole nitrogens is 1. The molecule has 4 nitrogen and oxygen atoms in total. The third-order valence-electron chi connectivity index (χ3n) is 1.17. The molecule has 0 spiro atoms. The van der Waals surface area contributed by atoms with E-state index in [2.05, 4.69) is 36.9 Å². The van der Waals surface area contributed by atoms with Crippen LogP contribution in [-0.4, -0.2) is 25.4 Å². The van der Waals surface area contributed by atoms with E-state index in [0.717, 1.165) is 0 Å². The summed E-state index contributed by atoms with van der Waals surface area (Å²) in [5.74, 6) is 0.544. The van der Waals surface area contributed by atoms with E-state index < -0.39 is 0 Å². The van der Waals surface area contributed by atoms with Crippen molar-refractivity contribution in [1.29, 1.82) is 0 Å². The van der Waals surface area contributed by atoms with Gasteiger partial charge in [0.15, 0.2) is 0 Å². The zero-order valence-corrected chi connectivity index (χ0v) is 8.72. The predicted octanol–water partition coefficient (Wildman–Crippen LogP) is 0.619. The fourth-order valence-electron chi connectivity index (χ4n) is 0.671. The van der Waals surface area contributed by atoms with Gasteiger partial charge in [-0.3, -0.25) is 0 Å². The van der Waals surface area contributed by atoms with Gasteiger partial charge in [-0.25, -0.2) is 0 Å². The van der Waals surface area contributed by atoms with Crippen molar-refractivity contribution in [3.63, 3.8) is 0 Å². The fourth-order valence-corrected chi connectivity index (χ4v) is 1.11. The van der Waals surface area contributed by atoms with Crippen LogP contribution in [0.15, 0.2) is 17.5 Å². The molecule has 1 aromatic heterocycles. The minimum absolute atomic E-state index is 0.365. The molecule has 1 N–H and O–H groups in total. The van der Waals surface area contributed by atoms with Gasteiger partial charge < -0.3 is 0 Å². The van der Waals surface area contributed by atoms with Crippen molar-refractivity contribution in [3.8, 4) is 0 Å². The summed E-state index contributed by atoms with van der Waals surface area (Å²) in [4.78, 5) is 14.4. The van der Waals surface area contributed by atoms with Crippen LogP contribution >= 0.6 is 12.2 Å². The Kier molecular flexibility index (Phi) is 3.88. The van der Waals surface area contributed by atoms with Crippen LogP contribution in [0.25, 0.3) is 0 Å². The van der Waals surface area contributed by atoms with E-state index in [-0.39, 0.29) is 0 Å². The molecule has 0 aromatic carbocycles. The summed E-state index contributed by atoms with van der Waals surface area (Å²) in [7, 11) is 0. The fraction of sp³-hybridized carbons (Fsp3) is 0. The monoisotopic (exact) mass is 228 g/mol. The topological polar surface area (TPSA) is 53.9 Å². The van der Waals surface area contributed by atoms with Crippen LogP contribution in [0.2, 0.25) is 0 Å². The molecule has 0 bridgehead atoms. The van der Waals surface area contributed by atoms with Crippen LogP contribution in [-0.2, 0) is 17.0 Å². The molecule has 13 heavy (non-hydrogen) atoms. The van der Waals surface area contributed by atoms with Gasteiger partial charge in [0.1, 0.15) is 0 Å². The molecule has 0 aliphatic heterocycles. The van der Waals surface area contributed by atoms with E-state index in [1.54, 1.807) is 4.73 Å². The van der Waals surface area contributed by atoms with E-state index in [1.807, 2.05) is 0 Å². The van der Waals surface area contributed by atoms with E-state index >= 15 is 0 Å². The molecule has 0 saturated heterocycles. The summed E-state index contributed by atoms with van der Waals surface area (Å²) in [5.41, 5.74) is 0.607. The van der Waals surface area contributed by atoms with Gasteiger partial charge in [0.05, 0.1) is 0 Å². The Morgan fingerprint density at radius 2 is 2.46 bits per heavy atom. The third-order valence-corrected chi connectivity index (χ3v) is 1.76. The first kappa shape index (κ1) is 10.2. The molecule has 0 aliphatic rings. The summed E-state index contributed by atoms with van der Waals surface area (Å²) >= 11 is 7.10. The number of nitrogens with zero attached hydrogens (tertiary/aromatic N) is 3. The molecule has 6 heteroatoms. The van der Waals surface area contributed by atoms with Gasteiger partial charge >= 0.3 is 89.3 Å². The zero-order valence-electron chi connectivity index (χ0n) is 6.51. The Balaban J connectivity index is 3.19. The van der Waals surface area contributed by atoms with Gasteiger partial charge in [-0.15, -0.1) is 0 Å². The Hall–Kier alpha value is -0.906. The summed E-state index contributed by atoms with van der Waals surface area (Å²) < 4.78 is 2.08. The number of aliphatic imine (C=N–C) groups is 1. The van der Waals surface area contributed by atoms with E-state index in [1.165, 1.54) is 12.5 Å². The maximum absolute atomic E-state index is 5.16. The molecule has 1 rings (SSSR count). The molecule has 0 fully saturated rings. The van der Waals surface area contributed by atoms with Gasteiger partial charge in [-0.1, -0.05) is 0 Å². The van der Waals surface area contributed by atoms with Crippen LogP contribution in [0.5, 0.6) is 0 Å². The Morgan fingerprint density at radius 3 is 3.00 bits per heavy atom. The second kappa shape index (κ2) is 4.96. The minimum atomic E-state index is 0.365. The Morgan fingerprint density at radius 1 is 1.69 bits per heavy atom. The SMILES string of the molecule is [CH-]=CN=C([CH]=[V])c1ncnc(=S)[nH]1. The molecule has 1 aromatic rings. The first-order chi connectivity index (χ1) is 6.27. The summed E-state index contributed by atoms with van der Waals surface area (Å²) in [5, 5.41) is 0. The van der Waals surface area contributed by atoms with Crippen LogP contribution in [0.4, 0.5) is 0 Å². The molecule has 1 heterocycles. The predicted molar refractivity (Wildman–Crippen MR) is 48.7 cm³/mol. The number of hydrogen-bond acceptors (Lipinski definition) is 4. The van der Waals surface area contributed by atoms with Gasteiger partial charge in [-0.05, 0) is 0 Å². The van der Waals surface area contributed by atoms with Crippen LogP contribution in [0.1, 0.15) is 5.82 Å². The standard InChI is InChI=1S/C7H5N4S.V/c1-3-8-5(2)6-9-4-10-7(12)11-6;/h1-4H,(H,9,10,11,12);/q-1;. The van der Waals surface area contributed by atoms with E-state index in [0.29, 0.717) is 16.3 Å². The van der Waals surface area contributed by atoms with Crippen molar-refractivity contribution >= 4 is 22.7 Å². The van der Waals surface area contributed by atoms with E-state index in [4.69, 9.17) is 18.8 Å². The summed E-state index contributed by atoms with van der Waals surface area (Å²) in [6.07, 6.45) is 2.56. The summed E-state index contributed by atoms with van der Waals surface area (Å²) in [6.45, 7) is 5.16. The van der Waals surface area contributed by atoms with Gasteiger partial charge in [0.25, 0.3) is 0 Å². The maximum atomic E-state index is 5.16.